The number of hydrogen-bond acceptors (Lipinski definition) is 3. The van der Waals surface area contributed by atoms with Crippen molar-refractivity contribution in [1.29, 1.82) is 0 Å². The number of hydrogen-bond donors (Lipinski definition) is 0. The second kappa shape index (κ2) is 9.33. The van der Waals surface area contributed by atoms with E-state index in [-0.39, 0.29) is 5.97 Å². The molecule has 0 saturated carbocycles. The summed E-state index contributed by atoms with van der Waals surface area (Å²) >= 11 is 0. The first kappa shape index (κ1) is 15.1. The highest BCUT2D eigenvalue weighted by Crippen LogP contribution is 1.95. The van der Waals surface area contributed by atoms with Crippen LogP contribution in [0, 0.1) is 0 Å². The highest BCUT2D eigenvalue weighted by Gasteiger charge is 1.89. The van der Waals surface area contributed by atoms with E-state index in [1.54, 1.807) is 12.3 Å². The van der Waals surface area contributed by atoms with Gasteiger partial charge in [0.25, 0.3) is 0 Å². The summed E-state index contributed by atoms with van der Waals surface area (Å²) in [5.41, 5.74) is 1.88. The Morgan fingerprint density at radius 3 is 2.71 bits per heavy atom. The first-order chi connectivity index (χ1) is 8.06. The maximum atomic E-state index is 10.5. The summed E-state index contributed by atoms with van der Waals surface area (Å²) in [6, 6.07) is 0. The molecule has 0 aliphatic heterocycles. The Hall–Kier alpha value is -1.90. The molecule has 0 fully saturated rings. The van der Waals surface area contributed by atoms with Crippen LogP contribution < -0.4 is 0 Å². The summed E-state index contributed by atoms with van der Waals surface area (Å²) in [4.78, 5) is 14.6. The minimum Gasteiger partial charge on any atom is -0.464 e. The lowest BCUT2D eigenvalue weighted by Crippen LogP contribution is -2.03. The molecule has 0 aromatic heterocycles. The van der Waals surface area contributed by atoms with Gasteiger partial charge in [0, 0.05) is 13.1 Å². The molecule has 0 N–H and O–H groups in total. The van der Waals surface area contributed by atoms with Gasteiger partial charge in [-0.15, -0.1) is 0 Å². The van der Waals surface area contributed by atoms with Gasteiger partial charge in [0.2, 0.25) is 0 Å². The zero-order valence-corrected chi connectivity index (χ0v) is 10.5. The second-order valence-electron chi connectivity index (χ2n) is 3.42. The van der Waals surface area contributed by atoms with Crippen LogP contribution >= 0.6 is 0 Å². The predicted octanol–water partition coefficient (Wildman–Crippen LogP) is 2.87. The average molecular weight is 233 g/mol. The van der Waals surface area contributed by atoms with Crippen LogP contribution in [-0.2, 0) is 9.53 Å². The highest BCUT2D eigenvalue weighted by molar-refractivity contribution is 5.78. The molecule has 0 aromatic carbocycles. The fourth-order valence-corrected chi connectivity index (χ4v) is 0.885. The van der Waals surface area contributed by atoms with E-state index in [1.165, 1.54) is 6.92 Å². The first-order valence-corrected chi connectivity index (χ1v) is 5.35. The molecule has 0 unspecified atom stereocenters. The van der Waals surface area contributed by atoms with Gasteiger partial charge < -0.3 is 4.74 Å². The van der Waals surface area contributed by atoms with Gasteiger partial charge in [-0.25, -0.2) is 0 Å². The van der Waals surface area contributed by atoms with E-state index in [4.69, 9.17) is 4.74 Å². The van der Waals surface area contributed by atoms with Crippen LogP contribution in [0.1, 0.15) is 13.8 Å². The number of allylic oxidation sites excluding steroid dienone is 6. The van der Waals surface area contributed by atoms with Crippen molar-refractivity contribution in [2.75, 3.05) is 13.2 Å². The molecule has 0 aromatic rings. The molecule has 92 valence electrons. The van der Waals surface area contributed by atoms with Crippen molar-refractivity contribution in [3.05, 3.63) is 48.6 Å². The van der Waals surface area contributed by atoms with Crippen LogP contribution in [0.5, 0.6) is 0 Å². The van der Waals surface area contributed by atoms with Crippen molar-refractivity contribution >= 4 is 12.2 Å². The minimum atomic E-state index is -0.279. The van der Waals surface area contributed by atoms with E-state index in [9.17, 15) is 4.79 Å². The van der Waals surface area contributed by atoms with Gasteiger partial charge in [0.05, 0.1) is 6.54 Å². The molecule has 0 heterocycles. The largest absolute Gasteiger partial charge is 0.464 e. The lowest BCUT2D eigenvalue weighted by atomic mass is 10.2. The molecule has 3 heteroatoms. The van der Waals surface area contributed by atoms with Crippen molar-refractivity contribution in [3.63, 3.8) is 0 Å². The van der Waals surface area contributed by atoms with Gasteiger partial charge in [-0.05, 0) is 18.1 Å². The summed E-state index contributed by atoms with van der Waals surface area (Å²) in [6.45, 7) is 11.5. The quantitative estimate of drug-likeness (QED) is 0.293. The second-order valence-corrected chi connectivity index (χ2v) is 3.42. The molecular formula is C14H19NO2. The van der Waals surface area contributed by atoms with Gasteiger partial charge in [-0.3, -0.25) is 9.79 Å². The molecule has 17 heavy (non-hydrogen) atoms. The molecule has 0 spiro atoms. The maximum absolute atomic E-state index is 10.5. The van der Waals surface area contributed by atoms with Crippen LogP contribution in [0.3, 0.4) is 0 Å². The summed E-state index contributed by atoms with van der Waals surface area (Å²) in [5.74, 6) is -0.279. The van der Waals surface area contributed by atoms with E-state index in [0.717, 1.165) is 11.1 Å². The smallest absolute Gasteiger partial charge is 0.302 e. The van der Waals surface area contributed by atoms with Crippen molar-refractivity contribution in [1.82, 2.24) is 0 Å². The standard InChI is InChI=1S/C14H19NO2/c1-5-12(2)7-6-8-13(3)11-15-9-10-17-14(4)16/h5-8,11H,1-2,9-10H2,3-4H3/b7-6+,13-8+,15-11+. The third-order valence-corrected chi connectivity index (χ3v) is 1.75. The molecule has 0 aliphatic rings. The normalized spacial score (nSPS) is 12.0. The molecule has 0 radical (unpaired) electrons. The summed E-state index contributed by atoms with van der Waals surface area (Å²) < 4.78 is 4.74. The van der Waals surface area contributed by atoms with Crippen molar-refractivity contribution in [2.24, 2.45) is 4.99 Å². The molecule has 0 amide bonds. The lowest BCUT2D eigenvalue weighted by Gasteiger charge is -1.96. The number of carbonyl (C=O) groups is 1. The Morgan fingerprint density at radius 2 is 2.12 bits per heavy atom. The van der Waals surface area contributed by atoms with Gasteiger partial charge in [-0.2, -0.15) is 0 Å². The van der Waals surface area contributed by atoms with E-state index in [0.29, 0.717) is 13.2 Å². The van der Waals surface area contributed by atoms with Gasteiger partial charge >= 0.3 is 5.97 Å². The molecular weight excluding hydrogens is 214 g/mol. The van der Waals surface area contributed by atoms with Crippen LogP contribution in [0.4, 0.5) is 0 Å². The third kappa shape index (κ3) is 10.4. The molecule has 0 saturated heterocycles. The topological polar surface area (TPSA) is 38.7 Å². The molecule has 0 bridgehead atoms. The summed E-state index contributed by atoms with van der Waals surface area (Å²) in [6.07, 6.45) is 9.10. The summed E-state index contributed by atoms with van der Waals surface area (Å²) in [5, 5.41) is 0. The number of esters is 1. The third-order valence-electron chi connectivity index (χ3n) is 1.75. The minimum absolute atomic E-state index is 0.279. The molecule has 0 rings (SSSR count). The molecule has 3 nitrogen and oxygen atoms in total. The Kier molecular flexibility index (Phi) is 8.29. The van der Waals surface area contributed by atoms with Gasteiger partial charge in [-0.1, -0.05) is 37.5 Å². The number of ether oxygens (including phenoxy) is 1. The number of rotatable bonds is 7. The van der Waals surface area contributed by atoms with Crippen LogP contribution in [0.25, 0.3) is 0 Å². The summed E-state index contributed by atoms with van der Waals surface area (Å²) in [7, 11) is 0. The molecule has 0 aliphatic carbocycles. The van der Waals surface area contributed by atoms with Crippen molar-refractivity contribution < 1.29 is 9.53 Å². The van der Waals surface area contributed by atoms with Crippen LogP contribution in [0.2, 0.25) is 0 Å². The molecule has 0 atom stereocenters. The van der Waals surface area contributed by atoms with Crippen LogP contribution in [-0.4, -0.2) is 25.3 Å². The SMILES string of the molecule is C=CC(=C)/C=C/C=C(C)/C=N/CCOC(C)=O. The van der Waals surface area contributed by atoms with E-state index in [1.807, 2.05) is 25.2 Å². The van der Waals surface area contributed by atoms with Crippen LogP contribution in [0.15, 0.2) is 53.6 Å². The monoisotopic (exact) mass is 233 g/mol. The Labute approximate surface area is 103 Å². The van der Waals surface area contributed by atoms with Gasteiger partial charge in [0.1, 0.15) is 6.61 Å². The van der Waals surface area contributed by atoms with E-state index >= 15 is 0 Å². The van der Waals surface area contributed by atoms with Crippen molar-refractivity contribution in [2.45, 2.75) is 13.8 Å². The Balaban J connectivity index is 3.94. The zero-order valence-electron chi connectivity index (χ0n) is 10.5. The number of nitrogens with zero attached hydrogens (tertiary/aromatic N) is 1. The maximum Gasteiger partial charge on any atom is 0.302 e. The van der Waals surface area contributed by atoms with Gasteiger partial charge in [0.15, 0.2) is 0 Å². The fraction of sp³-hybridized carbons (Fsp3) is 0.286. The highest BCUT2D eigenvalue weighted by atomic mass is 16.5. The van der Waals surface area contributed by atoms with E-state index in [2.05, 4.69) is 18.2 Å². The first-order valence-electron chi connectivity index (χ1n) is 5.35. The lowest BCUT2D eigenvalue weighted by molar-refractivity contribution is -0.140. The average Bonchev–Trinajstić information content (AvgIpc) is 2.27. The van der Waals surface area contributed by atoms with Crippen molar-refractivity contribution in [3.8, 4) is 0 Å². The number of aliphatic imine (C=N–C) groups is 1. The Morgan fingerprint density at radius 1 is 1.41 bits per heavy atom. The number of carbonyl (C=O) groups excluding carboxylic acids is 1. The Bertz CT molecular complexity index is 362. The fourth-order valence-electron chi connectivity index (χ4n) is 0.885. The zero-order chi connectivity index (χ0) is 13.1. The predicted molar refractivity (Wildman–Crippen MR) is 72.2 cm³/mol. The van der Waals surface area contributed by atoms with E-state index < -0.39 is 0 Å².